The minimum absolute atomic E-state index is 0.353. The van der Waals surface area contributed by atoms with Gasteiger partial charge < -0.3 is 14.8 Å². The molecule has 134 valence electrons. The van der Waals surface area contributed by atoms with Crippen LogP contribution in [0.3, 0.4) is 0 Å². The van der Waals surface area contributed by atoms with Crippen LogP contribution in [0.1, 0.15) is 18.9 Å². The van der Waals surface area contributed by atoms with Crippen molar-refractivity contribution >= 4 is 11.6 Å². The number of halogens is 3. The predicted molar refractivity (Wildman–Crippen MR) is 87.6 cm³/mol. The molecule has 0 heterocycles. The van der Waals surface area contributed by atoms with Gasteiger partial charge in [0.2, 0.25) is 0 Å². The number of rotatable bonds is 6. The maximum absolute atomic E-state index is 12.3. The fourth-order valence-corrected chi connectivity index (χ4v) is 2.13. The number of nitrogens with one attached hydrogen (secondary N) is 1. The molecule has 0 fully saturated rings. The van der Waals surface area contributed by atoms with Crippen LogP contribution in [0.15, 0.2) is 48.5 Å². The molecule has 0 aliphatic rings. The van der Waals surface area contributed by atoms with Crippen molar-refractivity contribution in [3.05, 3.63) is 54.1 Å². The molecule has 4 nitrogen and oxygen atoms in total. The highest BCUT2D eigenvalue weighted by Crippen LogP contribution is 2.24. The van der Waals surface area contributed by atoms with Gasteiger partial charge in [-0.05, 0) is 49.2 Å². The van der Waals surface area contributed by atoms with Crippen molar-refractivity contribution in [1.29, 1.82) is 0 Å². The third kappa shape index (κ3) is 5.70. The summed E-state index contributed by atoms with van der Waals surface area (Å²) in [5, 5.41) is 2.62. The summed E-state index contributed by atoms with van der Waals surface area (Å²) in [6, 6.07) is 12.3. The number of para-hydroxylation sites is 1. The van der Waals surface area contributed by atoms with E-state index in [2.05, 4.69) is 10.1 Å². The van der Waals surface area contributed by atoms with Gasteiger partial charge in [-0.15, -0.1) is 13.2 Å². The van der Waals surface area contributed by atoms with E-state index in [1.54, 1.807) is 6.07 Å². The average molecular weight is 353 g/mol. The summed E-state index contributed by atoms with van der Waals surface area (Å²) < 4.78 is 45.9. The zero-order valence-corrected chi connectivity index (χ0v) is 13.8. The fourth-order valence-electron chi connectivity index (χ4n) is 2.13. The number of carbonyl (C=O) groups excluding carboxylic acids is 1. The Hall–Kier alpha value is -2.70. The van der Waals surface area contributed by atoms with Gasteiger partial charge in [-0.2, -0.15) is 0 Å². The van der Waals surface area contributed by atoms with E-state index in [9.17, 15) is 18.0 Å². The van der Waals surface area contributed by atoms with E-state index < -0.39 is 12.5 Å². The van der Waals surface area contributed by atoms with Crippen LogP contribution >= 0.6 is 0 Å². The summed E-state index contributed by atoms with van der Waals surface area (Å²) in [6.07, 6.45) is -5.03. The predicted octanol–water partition coefficient (Wildman–Crippen LogP) is 4.69. The Morgan fingerprint density at radius 3 is 2.32 bits per heavy atom. The van der Waals surface area contributed by atoms with Crippen LogP contribution in [0.2, 0.25) is 0 Å². The van der Waals surface area contributed by atoms with E-state index >= 15 is 0 Å². The Bertz CT molecular complexity index is 714. The molecule has 0 aromatic heterocycles. The maximum Gasteiger partial charge on any atom is 0.573 e. The molecule has 0 radical (unpaired) electrons. The molecule has 0 saturated carbocycles. The second kappa shape index (κ2) is 7.92. The summed E-state index contributed by atoms with van der Waals surface area (Å²) in [4.78, 5) is 12.3. The quantitative estimate of drug-likeness (QED) is 0.820. The van der Waals surface area contributed by atoms with E-state index in [1.165, 1.54) is 12.1 Å². The summed E-state index contributed by atoms with van der Waals surface area (Å²) in [7, 11) is 0. The maximum atomic E-state index is 12.3. The zero-order valence-electron chi connectivity index (χ0n) is 13.8. The lowest BCUT2D eigenvalue weighted by molar-refractivity contribution is -0.274. The standard InChI is InChI=1S/C18H18F3NO3/c1-3-15(24-16-7-5-4-6-12(16)2)17(23)22-13-8-10-14(11-9-13)25-18(19,20)21/h4-11,15H,3H2,1-2H3,(H,22,23). The van der Waals surface area contributed by atoms with Crippen LogP contribution in [0.4, 0.5) is 18.9 Å². The molecule has 1 unspecified atom stereocenters. The number of aryl methyl sites for hydroxylation is 1. The molecular formula is C18H18F3NO3. The summed E-state index contributed by atoms with van der Waals surface area (Å²) >= 11 is 0. The first-order valence-corrected chi connectivity index (χ1v) is 7.67. The lowest BCUT2D eigenvalue weighted by Gasteiger charge is -2.18. The van der Waals surface area contributed by atoms with Gasteiger partial charge in [0.1, 0.15) is 11.5 Å². The van der Waals surface area contributed by atoms with Crippen LogP contribution in [-0.2, 0) is 4.79 Å². The van der Waals surface area contributed by atoms with Crippen LogP contribution in [0.25, 0.3) is 0 Å². The van der Waals surface area contributed by atoms with Crippen molar-refractivity contribution < 1.29 is 27.4 Å². The molecule has 1 N–H and O–H groups in total. The van der Waals surface area contributed by atoms with E-state index in [4.69, 9.17) is 4.74 Å². The molecule has 2 aromatic carbocycles. The second-order valence-electron chi connectivity index (χ2n) is 5.34. The third-order valence-electron chi connectivity index (χ3n) is 3.38. The second-order valence-corrected chi connectivity index (χ2v) is 5.34. The molecule has 25 heavy (non-hydrogen) atoms. The van der Waals surface area contributed by atoms with Crippen LogP contribution in [0, 0.1) is 6.92 Å². The summed E-state index contributed by atoms with van der Waals surface area (Å²) in [6.45, 7) is 3.68. The lowest BCUT2D eigenvalue weighted by Crippen LogP contribution is -2.32. The number of carbonyl (C=O) groups is 1. The molecule has 0 aliphatic carbocycles. The molecular weight excluding hydrogens is 335 g/mol. The first-order valence-electron chi connectivity index (χ1n) is 7.67. The van der Waals surface area contributed by atoms with Crippen LogP contribution in [-0.4, -0.2) is 18.4 Å². The number of ether oxygens (including phenoxy) is 2. The van der Waals surface area contributed by atoms with Gasteiger partial charge in [-0.3, -0.25) is 4.79 Å². The van der Waals surface area contributed by atoms with Crippen molar-refractivity contribution in [3.8, 4) is 11.5 Å². The molecule has 0 saturated heterocycles. The largest absolute Gasteiger partial charge is 0.573 e. The van der Waals surface area contributed by atoms with E-state index in [0.717, 1.165) is 17.7 Å². The molecule has 0 spiro atoms. The molecule has 0 aliphatic heterocycles. The van der Waals surface area contributed by atoms with Crippen molar-refractivity contribution in [2.45, 2.75) is 32.7 Å². The number of anilines is 1. The Morgan fingerprint density at radius 2 is 1.76 bits per heavy atom. The Morgan fingerprint density at radius 1 is 1.12 bits per heavy atom. The number of alkyl halides is 3. The van der Waals surface area contributed by atoms with Gasteiger partial charge >= 0.3 is 6.36 Å². The van der Waals surface area contributed by atoms with Crippen molar-refractivity contribution in [2.75, 3.05) is 5.32 Å². The van der Waals surface area contributed by atoms with Crippen LogP contribution < -0.4 is 14.8 Å². The highest BCUT2D eigenvalue weighted by Gasteiger charge is 2.31. The van der Waals surface area contributed by atoms with Crippen LogP contribution in [0.5, 0.6) is 11.5 Å². The lowest BCUT2D eigenvalue weighted by atomic mass is 10.2. The van der Waals surface area contributed by atoms with Gasteiger partial charge in [-0.1, -0.05) is 25.1 Å². The number of hydrogen-bond acceptors (Lipinski definition) is 3. The monoisotopic (exact) mass is 353 g/mol. The molecule has 0 bridgehead atoms. The number of benzene rings is 2. The Labute approximate surface area is 143 Å². The SMILES string of the molecule is CCC(Oc1ccccc1C)C(=O)Nc1ccc(OC(F)(F)F)cc1. The van der Waals surface area contributed by atoms with Crippen molar-refractivity contribution in [2.24, 2.45) is 0 Å². The Balaban J connectivity index is 2.00. The molecule has 2 aromatic rings. The minimum atomic E-state index is -4.75. The average Bonchev–Trinajstić information content (AvgIpc) is 2.54. The highest BCUT2D eigenvalue weighted by atomic mass is 19.4. The van der Waals surface area contributed by atoms with Gasteiger partial charge in [0, 0.05) is 5.69 Å². The van der Waals surface area contributed by atoms with Crippen molar-refractivity contribution in [3.63, 3.8) is 0 Å². The van der Waals surface area contributed by atoms with Gasteiger partial charge in [0.25, 0.3) is 5.91 Å². The molecule has 7 heteroatoms. The first kappa shape index (κ1) is 18.6. The van der Waals surface area contributed by atoms with E-state index in [0.29, 0.717) is 17.9 Å². The Kier molecular flexibility index (Phi) is 5.90. The molecule has 2 rings (SSSR count). The van der Waals surface area contributed by atoms with E-state index in [1.807, 2.05) is 32.0 Å². The van der Waals surface area contributed by atoms with E-state index in [-0.39, 0.29) is 11.7 Å². The summed E-state index contributed by atoms with van der Waals surface area (Å²) in [5.41, 5.74) is 1.26. The number of amides is 1. The highest BCUT2D eigenvalue weighted by molar-refractivity contribution is 5.94. The normalized spacial score (nSPS) is 12.4. The topological polar surface area (TPSA) is 47.6 Å². The molecule has 1 amide bonds. The smallest absolute Gasteiger partial charge is 0.480 e. The first-order chi connectivity index (χ1) is 11.8. The van der Waals surface area contributed by atoms with Gasteiger partial charge in [0.15, 0.2) is 6.10 Å². The summed E-state index contributed by atoms with van der Waals surface area (Å²) in [5.74, 6) is -0.123. The minimum Gasteiger partial charge on any atom is -0.480 e. The van der Waals surface area contributed by atoms with Gasteiger partial charge in [0.05, 0.1) is 0 Å². The number of hydrogen-bond donors (Lipinski definition) is 1. The third-order valence-corrected chi connectivity index (χ3v) is 3.38. The zero-order chi connectivity index (χ0) is 18.4. The van der Waals surface area contributed by atoms with Gasteiger partial charge in [-0.25, -0.2) is 0 Å². The fraction of sp³-hybridized carbons (Fsp3) is 0.278. The molecule has 1 atom stereocenters. The van der Waals surface area contributed by atoms with Crippen molar-refractivity contribution in [1.82, 2.24) is 0 Å².